The Labute approximate surface area is 156 Å². The molecule has 0 bridgehead atoms. The Morgan fingerprint density at radius 1 is 1.19 bits per heavy atom. The summed E-state index contributed by atoms with van der Waals surface area (Å²) in [7, 11) is 3.75. The minimum atomic E-state index is -1.81. The highest BCUT2D eigenvalue weighted by Crippen LogP contribution is 2.59. The van der Waals surface area contributed by atoms with Crippen LogP contribution in [0.4, 0.5) is 4.39 Å². The van der Waals surface area contributed by atoms with E-state index < -0.39 is 23.5 Å². The zero-order valence-electron chi connectivity index (χ0n) is 16.2. The molecule has 0 aromatic rings. The van der Waals surface area contributed by atoms with Crippen molar-refractivity contribution < 1.29 is 19.7 Å². The molecule has 5 heteroatoms. The van der Waals surface area contributed by atoms with E-state index in [1.807, 2.05) is 20.2 Å². The molecule has 0 heterocycles. The lowest BCUT2D eigenvalue weighted by molar-refractivity contribution is -0.0966. The Bertz CT molecular complexity index is 594. The van der Waals surface area contributed by atoms with Crippen molar-refractivity contribution in [2.45, 2.75) is 75.3 Å². The number of hydrogen-bond donors (Lipinski definition) is 4. The van der Waals surface area contributed by atoms with Crippen molar-refractivity contribution in [3.8, 4) is 0 Å². The molecule has 0 amide bonds. The maximum atomic E-state index is 15.7. The lowest BCUT2D eigenvalue weighted by atomic mass is 9.60. The van der Waals surface area contributed by atoms with Gasteiger partial charge in [0.05, 0.1) is 11.7 Å². The third-order valence-electron chi connectivity index (χ3n) is 7.20. The fraction of sp³-hybridized carbons (Fsp3) is 0.810. The van der Waals surface area contributed by atoms with Crippen LogP contribution in [0.25, 0.3) is 0 Å². The number of aliphatic hydroxyl groups is 3. The molecule has 148 valence electrons. The molecule has 0 aromatic carbocycles. The van der Waals surface area contributed by atoms with Gasteiger partial charge in [0, 0.05) is 12.3 Å². The van der Waals surface area contributed by atoms with Gasteiger partial charge in [-0.3, -0.25) is 0 Å². The van der Waals surface area contributed by atoms with Gasteiger partial charge in [-0.15, -0.1) is 0 Å². The van der Waals surface area contributed by atoms with E-state index in [-0.39, 0.29) is 23.7 Å². The summed E-state index contributed by atoms with van der Waals surface area (Å²) in [6.07, 6.45) is 7.89. The number of aliphatic hydroxyl groups excluding tert-OH is 2. The highest BCUT2D eigenvalue weighted by molar-refractivity contribution is 5.36. The van der Waals surface area contributed by atoms with Gasteiger partial charge >= 0.3 is 0 Å². The molecule has 26 heavy (non-hydrogen) atoms. The van der Waals surface area contributed by atoms with E-state index in [0.717, 1.165) is 12.8 Å². The fourth-order valence-electron chi connectivity index (χ4n) is 5.82. The molecule has 2 saturated carbocycles. The van der Waals surface area contributed by atoms with Crippen LogP contribution in [0.5, 0.6) is 0 Å². The predicted octanol–water partition coefficient (Wildman–Crippen LogP) is 2.49. The number of halogens is 1. The highest BCUT2D eigenvalue weighted by atomic mass is 19.1. The number of fused-ring (bicyclic) bond motifs is 4. The second kappa shape index (κ2) is 7.01. The molecule has 0 spiro atoms. The van der Waals surface area contributed by atoms with Crippen LogP contribution in [0.1, 0.15) is 51.9 Å². The molecule has 4 nitrogen and oxygen atoms in total. The predicted molar refractivity (Wildman–Crippen MR) is 100 cm³/mol. The zero-order chi connectivity index (χ0) is 19.2. The number of hydrogen-bond acceptors (Lipinski definition) is 4. The highest BCUT2D eigenvalue weighted by Gasteiger charge is 2.61. The summed E-state index contributed by atoms with van der Waals surface area (Å²) < 4.78 is 15.7. The van der Waals surface area contributed by atoms with Crippen LogP contribution < -0.4 is 5.32 Å². The molecule has 4 aliphatic rings. The fourth-order valence-corrected chi connectivity index (χ4v) is 5.82. The first-order valence-corrected chi connectivity index (χ1v) is 9.95. The van der Waals surface area contributed by atoms with Gasteiger partial charge in [-0.2, -0.15) is 0 Å². The van der Waals surface area contributed by atoms with E-state index in [4.69, 9.17) is 0 Å². The molecule has 0 saturated heterocycles. The van der Waals surface area contributed by atoms with Gasteiger partial charge in [0.15, 0.2) is 0 Å². The Balaban J connectivity index is 0.000000613. The first-order valence-electron chi connectivity index (χ1n) is 9.95. The summed E-state index contributed by atoms with van der Waals surface area (Å²) in [6, 6.07) is 0. The van der Waals surface area contributed by atoms with Gasteiger partial charge in [0.1, 0.15) is 11.8 Å². The molecule has 4 rings (SSSR count). The molecular weight excluding hydrogens is 333 g/mol. The number of allylic oxidation sites excluding steroid dienone is 3. The van der Waals surface area contributed by atoms with Crippen molar-refractivity contribution in [1.82, 2.24) is 5.32 Å². The summed E-state index contributed by atoms with van der Waals surface area (Å²) in [5.41, 5.74) is -2.57. The lowest BCUT2D eigenvalue weighted by Crippen LogP contribution is -2.55. The molecule has 6 unspecified atom stereocenters. The summed E-state index contributed by atoms with van der Waals surface area (Å²) in [4.78, 5) is 0. The Hall–Kier alpha value is -0.750. The Kier molecular flexibility index (Phi) is 5.39. The first-order chi connectivity index (χ1) is 12.2. The second-order valence-electron chi connectivity index (χ2n) is 8.98. The van der Waals surface area contributed by atoms with Crippen LogP contribution in [0.3, 0.4) is 0 Å². The minimum Gasteiger partial charge on any atom is -0.393 e. The maximum absolute atomic E-state index is 15.7. The van der Waals surface area contributed by atoms with Gasteiger partial charge in [-0.05, 0) is 69.5 Å². The van der Waals surface area contributed by atoms with Crippen molar-refractivity contribution in [2.24, 2.45) is 17.3 Å². The van der Waals surface area contributed by atoms with Crippen LogP contribution in [-0.4, -0.2) is 52.9 Å². The molecular formula is C21H34FNO3. The van der Waals surface area contributed by atoms with E-state index in [1.54, 1.807) is 0 Å². The van der Waals surface area contributed by atoms with E-state index in [2.05, 4.69) is 24.4 Å². The Morgan fingerprint density at radius 3 is 2.58 bits per heavy atom. The quantitative estimate of drug-likeness (QED) is 0.497. The molecule has 4 aliphatic carbocycles. The van der Waals surface area contributed by atoms with E-state index >= 15 is 4.39 Å². The molecule has 0 aliphatic heterocycles. The third kappa shape index (κ3) is 2.97. The number of nitrogens with one attached hydrogen (secondary N) is 1. The summed E-state index contributed by atoms with van der Waals surface area (Å²) in [6.45, 7) is 2.14. The van der Waals surface area contributed by atoms with Crippen LogP contribution in [0, 0.1) is 17.3 Å². The standard InChI is InChI=1S/C19H27FO3.C2H7N/c1-17-8-2-3-15(17)19(23)10-6-12-4-5-13(21)11-18(12,20)16(22)14(19)7-9-17;1-3-2/h2,7-8,12-13,15-16,21-23H,3-6,9-11H2,1H3;3H,1-2H3/t12?,13?,15?,16?,17?,18?,19-;/m1./s1. The third-order valence-corrected chi connectivity index (χ3v) is 7.20. The molecule has 4 N–H and O–H groups in total. The lowest BCUT2D eigenvalue weighted by Gasteiger charge is -2.49. The van der Waals surface area contributed by atoms with E-state index in [1.165, 1.54) is 0 Å². The van der Waals surface area contributed by atoms with Gasteiger partial charge in [0.2, 0.25) is 0 Å². The SMILES string of the molecule is CC12C=CCC1[C@@]1(O)CCC3CCC(O)CC3(F)C(O)C1=CC2.CNC. The normalized spacial score (nSPS) is 49.7. The average molecular weight is 368 g/mol. The van der Waals surface area contributed by atoms with Crippen molar-refractivity contribution >= 4 is 0 Å². The van der Waals surface area contributed by atoms with Crippen molar-refractivity contribution in [3.05, 3.63) is 23.8 Å². The minimum absolute atomic E-state index is 0.0123. The van der Waals surface area contributed by atoms with Crippen molar-refractivity contribution in [3.63, 3.8) is 0 Å². The van der Waals surface area contributed by atoms with Gasteiger partial charge in [0.25, 0.3) is 0 Å². The van der Waals surface area contributed by atoms with Crippen molar-refractivity contribution in [1.29, 1.82) is 0 Å². The molecule has 7 atom stereocenters. The Morgan fingerprint density at radius 2 is 1.88 bits per heavy atom. The maximum Gasteiger partial charge on any atom is 0.145 e. The second-order valence-corrected chi connectivity index (χ2v) is 8.98. The molecule has 0 radical (unpaired) electrons. The summed E-state index contributed by atoms with van der Waals surface area (Å²) in [5.74, 6) is -0.268. The van der Waals surface area contributed by atoms with Crippen molar-refractivity contribution in [2.75, 3.05) is 14.1 Å². The average Bonchev–Trinajstić information content (AvgIpc) is 2.94. The van der Waals surface area contributed by atoms with Crippen LogP contribution in [0.2, 0.25) is 0 Å². The smallest absolute Gasteiger partial charge is 0.145 e. The zero-order valence-corrected chi connectivity index (χ0v) is 16.2. The van der Waals surface area contributed by atoms with E-state index in [9.17, 15) is 15.3 Å². The summed E-state index contributed by atoms with van der Waals surface area (Å²) in [5, 5.41) is 35.1. The van der Waals surface area contributed by atoms with E-state index in [0.29, 0.717) is 31.3 Å². The number of alkyl halides is 1. The van der Waals surface area contributed by atoms with Crippen LogP contribution in [0.15, 0.2) is 23.8 Å². The monoisotopic (exact) mass is 367 g/mol. The molecule has 0 aromatic heterocycles. The van der Waals surface area contributed by atoms with Crippen LogP contribution >= 0.6 is 0 Å². The molecule has 2 fully saturated rings. The number of rotatable bonds is 0. The first kappa shape index (κ1) is 20.0. The largest absolute Gasteiger partial charge is 0.393 e. The van der Waals surface area contributed by atoms with Gasteiger partial charge in [-0.1, -0.05) is 25.2 Å². The van der Waals surface area contributed by atoms with Gasteiger partial charge < -0.3 is 20.6 Å². The summed E-state index contributed by atoms with van der Waals surface area (Å²) >= 11 is 0. The van der Waals surface area contributed by atoms with Gasteiger partial charge in [-0.25, -0.2) is 4.39 Å². The van der Waals surface area contributed by atoms with Crippen LogP contribution in [-0.2, 0) is 0 Å². The topological polar surface area (TPSA) is 72.7 Å².